The van der Waals surface area contributed by atoms with Gasteiger partial charge >= 0.3 is 0 Å². The summed E-state index contributed by atoms with van der Waals surface area (Å²) in [7, 11) is -7.32. The van der Waals surface area contributed by atoms with Gasteiger partial charge in [-0.15, -0.1) is 11.6 Å². The highest BCUT2D eigenvalue weighted by Crippen LogP contribution is 2.21. The van der Waals surface area contributed by atoms with Gasteiger partial charge in [0, 0.05) is 5.88 Å². The molecule has 6 nitrogen and oxygen atoms in total. The zero-order valence-electron chi connectivity index (χ0n) is 11.4. The molecule has 1 unspecified atom stereocenters. The molecule has 0 heterocycles. The molecule has 2 N–H and O–H groups in total. The van der Waals surface area contributed by atoms with Crippen molar-refractivity contribution in [1.29, 1.82) is 0 Å². The first-order chi connectivity index (χ1) is 9.52. The molecule has 21 heavy (non-hydrogen) atoms. The molecule has 0 bridgehead atoms. The predicted octanol–water partition coefficient (Wildman–Crippen LogP) is 1.81. The second-order valence-corrected chi connectivity index (χ2v) is 8.54. The summed E-state index contributed by atoms with van der Waals surface area (Å²) in [5.41, 5.74) is -0.271. The van der Waals surface area contributed by atoms with Gasteiger partial charge in [-0.05, 0) is 24.1 Å². The standard InChI is InChI=1S/C11H16ClFN2O4S2/c1-8(6-12)7-21(18,19)14-9-3-4-10(13)11(5-9)15-20(2,16)17/h3-5,8,14-15H,6-7H2,1-2H3. The Hall–Kier alpha value is -1.06. The Kier molecular flexibility index (Phi) is 5.83. The van der Waals surface area contributed by atoms with E-state index < -0.39 is 25.9 Å². The zero-order valence-corrected chi connectivity index (χ0v) is 13.8. The van der Waals surface area contributed by atoms with Crippen LogP contribution in [-0.2, 0) is 20.0 Å². The first-order valence-corrected chi connectivity index (χ1v) is 9.94. The number of anilines is 2. The fourth-order valence-electron chi connectivity index (χ4n) is 1.51. The minimum atomic E-state index is -3.67. The van der Waals surface area contributed by atoms with Gasteiger partial charge in [0.1, 0.15) is 5.82 Å². The Balaban J connectivity index is 2.98. The van der Waals surface area contributed by atoms with Crippen molar-refractivity contribution in [3.8, 4) is 0 Å². The van der Waals surface area contributed by atoms with Crippen molar-refractivity contribution in [3.63, 3.8) is 0 Å². The van der Waals surface area contributed by atoms with E-state index in [1.165, 1.54) is 6.07 Å². The maximum absolute atomic E-state index is 13.5. The molecule has 1 rings (SSSR count). The number of nitrogens with one attached hydrogen (secondary N) is 2. The van der Waals surface area contributed by atoms with Crippen molar-refractivity contribution >= 4 is 43.0 Å². The molecule has 1 atom stereocenters. The van der Waals surface area contributed by atoms with Gasteiger partial charge < -0.3 is 0 Å². The summed E-state index contributed by atoms with van der Waals surface area (Å²) in [5.74, 6) is -1.07. The van der Waals surface area contributed by atoms with E-state index in [1.807, 2.05) is 4.72 Å². The van der Waals surface area contributed by atoms with E-state index in [0.29, 0.717) is 0 Å². The quantitative estimate of drug-likeness (QED) is 0.727. The van der Waals surface area contributed by atoms with Crippen LogP contribution in [0.1, 0.15) is 6.92 Å². The van der Waals surface area contributed by atoms with E-state index in [0.717, 1.165) is 18.4 Å². The average Bonchev–Trinajstić information content (AvgIpc) is 2.30. The van der Waals surface area contributed by atoms with Crippen LogP contribution in [0.15, 0.2) is 18.2 Å². The monoisotopic (exact) mass is 358 g/mol. The third kappa shape index (κ3) is 6.49. The molecule has 0 radical (unpaired) electrons. The normalized spacial score (nSPS) is 13.7. The highest BCUT2D eigenvalue weighted by Gasteiger charge is 2.16. The van der Waals surface area contributed by atoms with Gasteiger partial charge in [-0.3, -0.25) is 9.44 Å². The van der Waals surface area contributed by atoms with E-state index in [2.05, 4.69) is 4.72 Å². The second-order valence-electron chi connectivity index (χ2n) is 4.71. The first-order valence-electron chi connectivity index (χ1n) is 5.86. The van der Waals surface area contributed by atoms with Crippen molar-refractivity contribution in [2.75, 3.05) is 27.3 Å². The molecule has 0 aromatic heterocycles. The highest BCUT2D eigenvalue weighted by molar-refractivity contribution is 7.92. The number of benzene rings is 1. The number of sulfonamides is 2. The van der Waals surface area contributed by atoms with Gasteiger partial charge in [0.25, 0.3) is 0 Å². The van der Waals surface area contributed by atoms with Gasteiger partial charge in [-0.2, -0.15) is 0 Å². The molecule has 10 heteroatoms. The summed E-state index contributed by atoms with van der Waals surface area (Å²) < 4.78 is 63.6. The summed E-state index contributed by atoms with van der Waals surface area (Å²) in [6.07, 6.45) is 0.867. The zero-order chi connectivity index (χ0) is 16.3. The maximum Gasteiger partial charge on any atom is 0.233 e. The fraction of sp³-hybridized carbons (Fsp3) is 0.455. The molecule has 0 fully saturated rings. The molecule has 1 aromatic rings. The van der Waals surface area contributed by atoms with E-state index in [4.69, 9.17) is 11.6 Å². The van der Waals surface area contributed by atoms with Crippen LogP contribution >= 0.6 is 11.6 Å². The number of hydrogen-bond acceptors (Lipinski definition) is 4. The fourth-order valence-corrected chi connectivity index (χ4v) is 3.74. The molecule has 0 aliphatic rings. The molecule has 0 spiro atoms. The van der Waals surface area contributed by atoms with Crippen molar-refractivity contribution < 1.29 is 21.2 Å². The van der Waals surface area contributed by atoms with Gasteiger partial charge in [0.15, 0.2) is 0 Å². The van der Waals surface area contributed by atoms with Crippen molar-refractivity contribution in [3.05, 3.63) is 24.0 Å². The molecule has 0 amide bonds. The number of rotatable bonds is 7. The van der Waals surface area contributed by atoms with Gasteiger partial charge in [0.2, 0.25) is 20.0 Å². The number of hydrogen-bond donors (Lipinski definition) is 2. The number of alkyl halides is 1. The van der Waals surface area contributed by atoms with Crippen LogP contribution in [-0.4, -0.2) is 34.7 Å². The minimum Gasteiger partial charge on any atom is -0.283 e. The van der Waals surface area contributed by atoms with E-state index in [9.17, 15) is 21.2 Å². The summed E-state index contributed by atoms with van der Waals surface area (Å²) in [6.45, 7) is 1.67. The molecule has 1 aromatic carbocycles. The van der Waals surface area contributed by atoms with Crippen LogP contribution in [0.25, 0.3) is 0 Å². The Morgan fingerprint density at radius 3 is 2.38 bits per heavy atom. The maximum atomic E-state index is 13.5. The van der Waals surface area contributed by atoms with Gasteiger partial charge in [-0.25, -0.2) is 21.2 Å². The van der Waals surface area contributed by atoms with Crippen molar-refractivity contribution in [2.24, 2.45) is 5.92 Å². The van der Waals surface area contributed by atoms with Crippen LogP contribution in [0.4, 0.5) is 15.8 Å². The molecular weight excluding hydrogens is 343 g/mol. The molecule has 0 aliphatic heterocycles. The lowest BCUT2D eigenvalue weighted by atomic mass is 10.3. The largest absolute Gasteiger partial charge is 0.283 e. The van der Waals surface area contributed by atoms with Crippen molar-refractivity contribution in [1.82, 2.24) is 0 Å². The lowest BCUT2D eigenvalue weighted by Crippen LogP contribution is -2.22. The topological polar surface area (TPSA) is 92.3 Å². The molecule has 120 valence electrons. The summed E-state index contributed by atoms with van der Waals surface area (Å²) in [6, 6.07) is 3.24. The van der Waals surface area contributed by atoms with Crippen LogP contribution in [0, 0.1) is 11.7 Å². The van der Waals surface area contributed by atoms with Crippen LogP contribution < -0.4 is 9.44 Å². The Morgan fingerprint density at radius 2 is 1.86 bits per heavy atom. The van der Waals surface area contributed by atoms with E-state index >= 15 is 0 Å². The van der Waals surface area contributed by atoms with Crippen LogP contribution in [0.5, 0.6) is 0 Å². The van der Waals surface area contributed by atoms with E-state index in [1.54, 1.807) is 6.92 Å². The predicted molar refractivity (Wildman–Crippen MR) is 82.2 cm³/mol. The SMILES string of the molecule is CC(CCl)CS(=O)(=O)Nc1ccc(F)c(NS(C)(=O)=O)c1. The van der Waals surface area contributed by atoms with Crippen molar-refractivity contribution in [2.45, 2.75) is 6.92 Å². The Bertz CT molecular complexity index is 707. The number of halogens is 2. The highest BCUT2D eigenvalue weighted by atomic mass is 35.5. The summed E-state index contributed by atoms with van der Waals surface area (Å²) in [4.78, 5) is 0. The van der Waals surface area contributed by atoms with Crippen LogP contribution in [0.3, 0.4) is 0 Å². The summed E-state index contributed by atoms with van der Waals surface area (Å²) in [5, 5.41) is 0. The molecular formula is C11H16ClFN2O4S2. The summed E-state index contributed by atoms with van der Waals surface area (Å²) >= 11 is 5.56. The average molecular weight is 359 g/mol. The smallest absolute Gasteiger partial charge is 0.233 e. The van der Waals surface area contributed by atoms with Gasteiger partial charge in [-0.1, -0.05) is 6.92 Å². The Morgan fingerprint density at radius 1 is 1.24 bits per heavy atom. The third-order valence-electron chi connectivity index (χ3n) is 2.30. The second kappa shape index (κ2) is 6.80. The lowest BCUT2D eigenvalue weighted by Gasteiger charge is -2.12. The lowest BCUT2D eigenvalue weighted by molar-refractivity contribution is 0.588. The van der Waals surface area contributed by atoms with E-state index in [-0.39, 0.29) is 28.9 Å². The third-order valence-corrected chi connectivity index (χ3v) is 4.97. The van der Waals surface area contributed by atoms with Gasteiger partial charge in [0.05, 0.1) is 23.4 Å². The van der Waals surface area contributed by atoms with Crippen LogP contribution in [0.2, 0.25) is 0 Å². The molecule has 0 aliphatic carbocycles. The molecule has 0 saturated carbocycles. The Labute approximate surface area is 128 Å². The molecule has 0 saturated heterocycles. The first kappa shape index (κ1) is 18.0. The minimum absolute atomic E-state index is 0.0596.